The van der Waals surface area contributed by atoms with Crippen LogP contribution in [0.2, 0.25) is 0 Å². The second kappa shape index (κ2) is 14.7. The zero-order valence-electron chi connectivity index (χ0n) is 13.9. The van der Waals surface area contributed by atoms with Crippen LogP contribution in [-0.4, -0.2) is 31.2 Å². The van der Waals surface area contributed by atoms with E-state index >= 15 is 0 Å². The molecular weight excluding hydrogens is 350 g/mol. The highest BCUT2D eigenvalue weighted by molar-refractivity contribution is 7.86. The summed E-state index contributed by atoms with van der Waals surface area (Å²) in [5.41, 5.74) is 2.69. The summed E-state index contributed by atoms with van der Waals surface area (Å²) in [5.74, 6) is 0. The number of rotatable bonds is 12. The van der Waals surface area contributed by atoms with Crippen molar-refractivity contribution in [2.45, 2.75) is 75.9 Å². The maximum atomic E-state index is 12.8. The van der Waals surface area contributed by atoms with Gasteiger partial charge in [-0.1, -0.05) is 44.6 Å². The maximum Gasteiger partial charge on any atom is 0.389 e. The van der Waals surface area contributed by atoms with E-state index in [0.717, 1.165) is 25.7 Å². The van der Waals surface area contributed by atoms with E-state index in [4.69, 9.17) is 10.3 Å². The lowest BCUT2D eigenvalue weighted by Crippen LogP contribution is -2.14. The highest BCUT2D eigenvalue weighted by atomic mass is 32.2. The van der Waals surface area contributed by atoms with Crippen molar-refractivity contribution in [3.05, 3.63) is 12.7 Å². The van der Waals surface area contributed by atoms with Crippen molar-refractivity contribution in [3.63, 3.8) is 0 Å². The molecule has 1 unspecified atom stereocenters. The molecule has 0 aromatic heterocycles. The van der Waals surface area contributed by atoms with Gasteiger partial charge in [-0.05, 0) is 19.3 Å². The third-order valence-corrected chi connectivity index (χ3v) is 4.01. The molecule has 0 rings (SSSR count). The summed E-state index contributed by atoms with van der Waals surface area (Å²) in [6.07, 6.45) is 1.55. The monoisotopic (exact) mass is 379 g/mol. The molecule has 1 atom stereocenters. The topological polar surface area (TPSA) is 80.4 Å². The summed E-state index contributed by atoms with van der Waals surface area (Å²) in [5, 5.41) is 0. The molecule has 0 fully saturated rings. The molecule has 9 heteroatoms. The summed E-state index contributed by atoms with van der Waals surface area (Å²) in [4.78, 5) is 0. The van der Waals surface area contributed by atoms with Crippen molar-refractivity contribution in [1.82, 2.24) is 0 Å². The number of nitrogens with two attached hydrogens (primary N) is 1. The van der Waals surface area contributed by atoms with Crippen molar-refractivity contribution in [3.8, 4) is 0 Å². The molecule has 0 aliphatic heterocycles. The fraction of sp³-hybridized carbons (Fsp3) is 0.867. The molecule has 0 bridgehead atoms. The molecule has 146 valence electrons. The van der Waals surface area contributed by atoms with Crippen LogP contribution < -0.4 is 5.73 Å². The standard InChI is InChI=1S/C12H22F4O3S.C3H7N/c13-11(20(17,18)19)9-7-5-3-1-2-4-6-8-10-12(14,15)16;1-2-3-4/h11H,1-10H2,(H,17,18,19);2H,1,3-4H2. The third kappa shape index (κ3) is 21.3. The highest BCUT2D eigenvalue weighted by Gasteiger charge is 2.25. The Morgan fingerprint density at radius 3 is 1.71 bits per heavy atom. The van der Waals surface area contributed by atoms with Gasteiger partial charge in [0.05, 0.1) is 0 Å². The molecule has 24 heavy (non-hydrogen) atoms. The zero-order chi connectivity index (χ0) is 19.1. The van der Waals surface area contributed by atoms with Gasteiger partial charge in [-0.25, -0.2) is 4.39 Å². The first kappa shape index (κ1) is 25.6. The van der Waals surface area contributed by atoms with Crippen LogP contribution >= 0.6 is 0 Å². The van der Waals surface area contributed by atoms with Gasteiger partial charge in [0, 0.05) is 13.0 Å². The normalized spacial score (nSPS) is 13.1. The van der Waals surface area contributed by atoms with E-state index in [2.05, 4.69) is 6.58 Å². The van der Waals surface area contributed by atoms with Gasteiger partial charge in [0.15, 0.2) is 0 Å². The average molecular weight is 379 g/mol. The van der Waals surface area contributed by atoms with Gasteiger partial charge in [-0.15, -0.1) is 6.58 Å². The molecule has 0 aromatic carbocycles. The van der Waals surface area contributed by atoms with E-state index in [-0.39, 0.29) is 12.8 Å². The lowest BCUT2D eigenvalue weighted by atomic mass is 10.1. The molecule has 0 spiro atoms. The Morgan fingerprint density at radius 2 is 1.38 bits per heavy atom. The molecule has 3 N–H and O–H groups in total. The van der Waals surface area contributed by atoms with E-state index in [0.29, 0.717) is 25.8 Å². The van der Waals surface area contributed by atoms with Gasteiger partial charge in [0.1, 0.15) is 0 Å². The Kier molecular flexibility index (Phi) is 15.6. The molecule has 0 saturated carbocycles. The first-order valence-electron chi connectivity index (χ1n) is 8.02. The van der Waals surface area contributed by atoms with E-state index in [1.54, 1.807) is 6.08 Å². The van der Waals surface area contributed by atoms with E-state index in [1.807, 2.05) is 0 Å². The minimum absolute atomic E-state index is 0.154. The second-order valence-electron chi connectivity index (χ2n) is 5.43. The fourth-order valence-electron chi connectivity index (χ4n) is 1.84. The van der Waals surface area contributed by atoms with Gasteiger partial charge in [0.2, 0.25) is 5.50 Å². The molecular formula is C15H29F4NO3S. The average Bonchev–Trinajstić information content (AvgIpc) is 2.47. The quantitative estimate of drug-likeness (QED) is 0.222. The molecule has 4 nitrogen and oxygen atoms in total. The van der Waals surface area contributed by atoms with Crippen LogP contribution in [0.4, 0.5) is 17.6 Å². The molecule has 0 amide bonds. The minimum Gasteiger partial charge on any atom is -0.327 e. The number of hydrogen-bond acceptors (Lipinski definition) is 3. The fourth-order valence-corrected chi connectivity index (χ4v) is 2.30. The highest BCUT2D eigenvalue weighted by Crippen LogP contribution is 2.23. The molecule has 0 aromatic rings. The van der Waals surface area contributed by atoms with E-state index in [9.17, 15) is 26.0 Å². The largest absolute Gasteiger partial charge is 0.389 e. The van der Waals surface area contributed by atoms with Crippen molar-refractivity contribution in [2.24, 2.45) is 5.73 Å². The van der Waals surface area contributed by atoms with Crippen LogP contribution in [0.5, 0.6) is 0 Å². The number of hydrogen-bond donors (Lipinski definition) is 2. The Labute approximate surface area is 142 Å². The summed E-state index contributed by atoms with van der Waals surface area (Å²) < 4.78 is 77.4. The number of halogens is 4. The van der Waals surface area contributed by atoms with Crippen molar-refractivity contribution in [2.75, 3.05) is 6.54 Å². The lowest BCUT2D eigenvalue weighted by Gasteiger charge is -2.06. The van der Waals surface area contributed by atoms with Gasteiger partial charge in [-0.2, -0.15) is 21.6 Å². The van der Waals surface area contributed by atoms with Crippen molar-refractivity contribution in [1.29, 1.82) is 0 Å². The van der Waals surface area contributed by atoms with Crippen molar-refractivity contribution < 1.29 is 30.5 Å². The van der Waals surface area contributed by atoms with Crippen molar-refractivity contribution >= 4 is 10.1 Å². The Morgan fingerprint density at radius 1 is 1.00 bits per heavy atom. The van der Waals surface area contributed by atoms with E-state index in [1.165, 1.54) is 0 Å². The van der Waals surface area contributed by atoms with Crippen LogP contribution in [0.15, 0.2) is 12.7 Å². The minimum atomic E-state index is -4.58. The molecule has 0 saturated heterocycles. The third-order valence-electron chi connectivity index (χ3n) is 3.13. The summed E-state index contributed by atoms with van der Waals surface area (Å²) in [6, 6.07) is 0. The second-order valence-corrected chi connectivity index (χ2v) is 6.97. The van der Waals surface area contributed by atoms with Crippen LogP contribution in [0.25, 0.3) is 0 Å². The Bertz CT molecular complexity index is 400. The predicted octanol–water partition coefficient (Wildman–Crippen LogP) is 4.76. The molecule has 0 aliphatic rings. The summed E-state index contributed by atoms with van der Waals surface area (Å²) in [6.45, 7) is 3.94. The first-order valence-corrected chi connectivity index (χ1v) is 9.53. The number of unbranched alkanes of at least 4 members (excludes halogenated alkanes) is 7. The van der Waals surface area contributed by atoms with Crippen LogP contribution in [0.3, 0.4) is 0 Å². The lowest BCUT2D eigenvalue weighted by molar-refractivity contribution is -0.135. The van der Waals surface area contributed by atoms with Gasteiger partial charge in [-0.3, -0.25) is 4.55 Å². The molecule has 0 radical (unpaired) electrons. The molecule has 0 heterocycles. The zero-order valence-corrected chi connectivity index (χ0v) is 14.7. The molecule has 0 aliphatic carbocycles. The van der Waals surface area contributed by atoms with Crippen LogP contribution in [0.1, 0.15) is 64.2 Å². The van der Waals surface area contributed by atoms with Gasteiger partial charge >= 0.3 is 6.18 Å². The van der Waals surface area contributed by atoms with Crippen LogP contribution in [0, 0.1) is 0 Å². The smallest absolute Gasteiger partial charge is 0.327 e. The van der Waals surface area contributed by atoms with E-state index < -0.39 is 28.2 Å². The SMILES string of the molecule is C=CCN.O=S(=O)(O)C(F)CCCCCCCCCCC(F)(F)F. The van der Waals surface area contributed by atoms with Gasteiger partial charge < -0.3 is 5.73 Å². The Balaban J connectivity index is 0. The summed E-state index contributed by atoms with van der Waals surface area (Å²) in [7, 11) is -4.58. The first-order chi connectivity index (χ1) is 11.0. The Hall–Kier alpha value is -0.670. The van der Waals surface area contributed by atoms with Gasteiger partial charge in [0.25, 0.3) is 10.1 Å². The summed E-state index contributed by atoms with van der Waals surface area (Å²) >= 11 is 0. The number of alkyl halides is 4. The maximum absolute atomic E-state index is 12.8. The van der Waals surface area contributed by atoms with Crippen LogP contribution in [-0.2, 0) is 10.1 Å². The predicted molar refractivity (Wildman–Crippen MR) is 87.9 cm³/mol.